The third kappa shape index (κ3) is 3.62. The average molecular weight is 399 g/mol. The van der Waals surface area contributed by atoms with E-state index in [0.29, 0.717) is 28.4 Å². The van der Waals surface area contributed by atoms with Gasteiger partial charge in [-0.1, -0.05) is 6.58 Å². The number of hydrogen-bond acceptors (Lipinski definition) is 6. The third-order valence-electron chi connectivity index (χ3n) is 4.39. The number of carbonyl (C=O) groups is 1. The van der Waals surface area contributed by atoms with Gasteiger partial charge >= 0.3 is 0 Å². The fraction of sp³-hybridized carbons (Fsp3) is 0.0952. The van der Waals surface area contributed by atoms with Crippen molar-refractivity contribution in [2.45, 2.75) is 13.5 Å². The Morgan fingerprint density at radius 1 is 1.27 bits per heavy atom. The van der Waals surface area contributed by atoms with Gasteiger partial charge in [-0.15, -0.1) is 0 Å². The topological polar surface area (TPSA) is 110 Å². The van der Waals surface area contributed by atoms with Crippen LogP contribution in [0.2, 0.25) is 0 Å². The molecule has 0 bridgehead atoms. The van der Waals surface area contributed by atoms with Crippen LogP contribution in [0.3, 0.4) is 0 Å². The van der Waals surface area contributed by atoms with Crippen LogP contribution >= 0.6 is 0 Å². The number of fused-ring (bicyclic) bond motifs is 1. The van der Waals surface area contributed by atoms with Gasteiger partial charge < -0.3 is 10.1 Å². The molecule has 0 atom stereocenters. The van der Waals surface area contributed by atoms with E-state index < -0.39 is 0 Å². The van der Waals surface area contributed by atoms with Crippen molar-refractivity contribution in [3.63, 3.8) is 0 Å². The van der Waals surface area contributed by atoms with E-state index in [2.05, 4.69) is 33.1 Å². The molecule has 9 nitrogen and oxygen atoms in total. The number of aromatic nitrogens is 5. The second-order valence-electron chi connectivity index (χ2n) is 6.32. The minimum atomic E-state index is -0.351. The van der Waals surface area contributed by atoms with Gasteiger partial charge in [0.15, 0.2) is 5.75 Å². The molecular formula is C21H17N7O2. The van der Waals surface area contributed by atoms with Gasteiger partial charge in [-0.05, 0) is 31.2 Å². The van der Waals surface area contributed by atoms with Crippen LogP contribution in [-0.2, 0) is 11.3 Å². The number of amides is 1. The molecule has 0 fully saturated rings. The maximum absolute atomic E-state index is 11.4. The molecule has 0 aliphatic heterocycles. The molecule has 0 aliphatic rings. The number of nitrogens with zero attached hydrogens (tertiary/aromatic N) is 6. The van der Waals surface area contributed by atoms with Gasteiger partial charge in [-0.25, -0.2) is 9.50 Å². The Morgan fingerprint density at radius 3 is 2.80 bits per heavy atom. The van der Waals surface area contributed by atoms with Crippen molar-refractivity contribution < 1.29 is 9.53 Å². The van der Waals surface area contributed by atoms with E-state index in [1.165, 1.54) is 12.4 Å². The average Bonchev–Trinajstić information content (AvgIpc) is 3.41. The lowest BCUT2D eigenvalue weighted by Crippen LogP contribution is -2.08. The summed E-state index contributed by atoms with van der Waals surface area (Å²) in [6.45, 7) is 6.17. The van der Waals surface area contributed by atoms with Crippen molar-refractivity contribution in [2.75, 3.05) is 5.32 Å². The zero-order valence-corrected chi connectivity index (χ0v) is 16.1. The van der Waals surface area contributed by atoms with Crippen molar-refractivity contribution >= 4 is 17.2 Å². The summed E-state index contributed by atoms with van der Waals surface area (Å²) in [6.07, 6.45) is 9.66. The molecule has 9 heteroatoms. The first kappa shape index (κ1) is 18.9. The maximum Gasteiger partial charge on any atom is 0.248 e. The standard InChI is InChI=1S/C21H17N7O2/c1-3-20(29)26-19-6-5-17(11-23-19)30-18-7-14(16-10-24-27(4-2)12-16)13-28-21(18)15(8-22)9-25-28/h3,5-7,9-13H,1,4H2,2H3,(H,23,26,29). The number of rotatable bonds is 6. The molecular weight excluding hydrogens is 382 g/mol. The predicted molar refractivity (Wildman–Crippen MR) is 110 cm³/mol. The number of hydrogen-bond donors (Lipinski definition) is 1. The van der Waals surface area contributed by atoms with Crippen molar-refractivity contribution in [1.29, 1.82) is 5.26 Å². The highest BCUT2D eigenvalue weighted by Gasteiger charge is 2.15. The minimum absolute atomic E-state index is 0.351. The molecule has 1 amide bonds. The van der Waals surface area contributed by atoms with E-state index in [1.807, 2.05) is 30.1 Å². The van der Waals surface area contributed by atoms with Gasteiger partial charge in [0.1, 0.15) is 28.7 Å². The van der Waals surface area contributed by atoms with E-state index in [4.69, 9.17) is 4.74 Å². The fourth-order valence-electron chi connectivity index (χ4n) is 2.91. The van der Waals surface area contributed by atoms with Gasteiger partial charge in [0.25, 0.3) is 0 Å². The number of nitriles is 1. The second-order valence-corrected chi connectivity index (χ2v) is 6.32. The van der Waals surface area contributed by atoms with E-state index in [9.17, 15) is 10.1 Å². The van der Waals surface area contributed by atoms with E-state index in [1.54, 1.807) is 22.8 Å². The van der Waals surface area contributed by atoms with Crippen molar-refractivity contribution in [3.8, 4) is 28.7 Å². The van der Waals surface area contributed by atoms with Gasteiger partial charge in [0, 0.05) is 30.1 Å². The first-order valence-corrected chi connectivity index (χ1v) is 9.13. The van der Waals surface area contributed by atoms with E-state index in [-0.39, 0.29) is 5.91 Å². The molecule has 1 N–H and O–H groups in total. The zero-order chi connectivity index (χ0) is 21.1. The molecule has 0 unspecified atom stereocenters. The summed E-state index contributed by atoms with van der Waals surface area (Å²) in [6, 6.07) is 7.26. The molecule has 4 aromatic rings. The van der Waals surface area contributed by atoms with Crippen molar-refractivity contribution in [2.24, 2.45) is 0 Å². The van der Waals surface area contributed by atoms with Gasteiger partial charge in [-0.2, -0.15) is 15.5 Å². The summed E-state index contributed by atoms with van der Waals surface area (Å²) in [4.78, 5) is 15.6. The zero-order valence-electron chi connectivity index (χ0n) is 16.1. The Bertz CT molecular complexity index is 1280. The quantitative estimate of drug-likeness (QED) is 0.498. The number of carbonyl (C=O) groups excluding carboxylic acids is 1. The van der Waals surface area contributed by atoms with Crippen LogP contribution < -0.4 is 10.1 Å². The largest absolute Gasteiger partial charge is 0.453 e. The Hall–Kier alpha value is -4.45. The first-order valence-electron chi connectivity index (χ1n) is 9.13. The summed E-state index contributed by atoms with van der Waals surface area (Å²) in [5, 5.41) is 20.6. The number of anilines is 1. The van der Waals surface area contributed by atoms with Crippen LogP contribution in [0.25, 0.3) is 16.6 Å². The van der Waals surface area contributed by atoms with Gasteiger partial charge in [0.2, 0.25) is 5.91 Å². The molecule has 0 aliphatic carbocycles. The molecule has 148 valence electrons. The lowest BCUT2D eigenvalue weighted by atomic mass is 10.1. The molecule has 30 heavy (non-hydrogen) atoms. The lowest BCUT2D eigenvalue weighted by Gasteiger charge is -2.10. The summed E-state index contributed by atoms with van der Waals surface area (Å²) in [7, 11) is 0. The summed E-state index contributed by atoms with van der Waals surface area (Å²) >= 11 is 0. The molecule has 4 heterocycles. The normalized spacial score (nSPS) is 10.5. The Balaban J connectivity index is 1.73. The fourth-order valence-corrected chi connectivity index (χ4v) is 2.91. The van der Waals surface area contributed by atoms with E-state index >= 15 is 0 Å². The highest BCUT2D eigenvalue weighted by Crippen LogP contribution is 2.33. The van der Waals surface area contributed by atoms with Gasteiger partial charge in [0.05, 0.1) is 18.6 Å². The third-order valence-corrected chi connectivity index (χ3v) is 4.39. The number of nitrogens with one attached hydrogen (secondary N) is 1. The van der Waals surface area contributed by atoms with Crippen molar-refractivity contribution in [3.05, 3.63) is 67.4 Å². The maximum atomic E-state index is 11.4. The van der Waals surface area contributed by atoms with Crippen LogP contribution in [-0.4, -0.2) is 30.3 Å². The van der Waals surface area contributed by atoms with E-state index in [0.717, 1.165) is 23.7 Å². The SMILES string of the molecule is C=CC(=O)Nc1ccc(Oc2cc(-c3cnn(CC)c3)cn3ncc(C#N)c23)cn1. The number of ether oxygens (including phenoxy) is 1. The molecule has 4 rings (SSSR count). The Labute approximate surface area is 171 Å². The van der Waals surface area contributed by atoms with Crippen LogP contribution in [0.15, 0.2) is 61.8 Å². The van der Waals surface area contributed by atoms with Crippen molar-refractivity contribution in [1.82, 2.24) is 24.4 Å². The number of pyridine rings is 2. The lowest BCUT2D eigenvalue weighted by molar-refractivity contribution is -0.111. The van der Waals surface area contributed by atoms with Gasteiger partial charge in [-0.3, -0.25) is 9.48 Å². The summed E-state index contributed by atoms with van der Waals surface area (Å²) in [5.41, 5.74) is 2.68. The second kappa shape index (κ2) is 7.89. The minimum Gasteiger partial charge on any atom is -0.453 e. The Morgan fingerprint density at radius 2 is 2.13 bits per heavy atom. The van der Waals surface area contributed by atoms with Crippen LogP contribution in [0, 0.1) is 11.3 Å². The molecule has 0 saturated carbocycles. The summed E-state index contributed by atoms with van der Waals surface area (Å²) < 4.78 is 9.47. The molecule has 0 spiro atoms. The summed E-state index contributed by atoms with van der Waals surface area (Å²) in [5.74, 6) is 0.923. The Kier molecular flexibility index (Phi) is 4.97. The molecule has 0 radical (unpaired) electrons. The molecule has 0 aromatic carbocycles. The molecule has 4 aromatic heterocycles. The smallest absolute Gasteiger partial charge is 0.248 e. The number of aryl methyl sites for hydroxylation is 1. The van der Waals surface area contributed by atoms with Crippen LogP contribution in [0.5, 0.6) is 11.5 Å². The monoisotopic (exact) mass is 399 g/mol. The molecule has 0 saturated heterocycles. The highest BCUT2D eigenvalue weighted by atomic mass is 16.5. The van der Waals surface area contributed by atoms with Crippen LogP contribution in [0.1, 0.15) is 12.5 Å². The van der Waals surface area contributed by atoms with Crippen LogP contribution in [0.4, 0.5) is 5.82 Å². The highest BCUT2D eigenvalue weighted by molar-refractivity contribution is 5.98. The predicted octanol–water partition coefficient (Wildman–Crippen LogP) is 3.40. The first-order chi connectivity index (χ1) is 14.6.